The predicted molar refractivity (Wildman–Crippen MR) is 101 cm³/mol. The lowest BCUT2D eigenvalue weighted by atomic mass is 10.1. The van der Waals surface area contributed by atoms with Gasteiger partial charge in [0.1, 0.15) is 0 Å². The molecule has 1 aromatic carbocycles. The van der Waals surface area contributed by atoms with Gasteiger partial charge in [0, 0.05) is 12.5 Å². The number of para-hydroxylation sites is 1. The van der Waals surface area contributed by atoms with Gasteiger partial charge in [-0.05, 0) is 50.9 Å². The van der Waals surface area contributed by atoms with E-state index >= 15 is 0 Å². The molecule has 0 atom stereocenters. The number of nitrogens with zero attached hydrogens (tertiary/aromatic N) is 1. The quantitative estimate of drug-likeness (QED) is 0.842. The summed E-state index contributed by atoms with van der Waals surface area (Å²) >= 11 is 1.73. The molecular weight excluding hydrogens is 353 g/mol. The maximum Gasteiger partial charge on any atom is 0.220 e. The molecule has 1 saturated heterocycles. The molecule has 1 amide bonds. The van der Waals surface area contributed by atoms with Crippen LogP contribution in [0, 0.1) is 0 Å². The Bertz CT molecular complexity index is 581. The van der Waals surface area contributed by atoms with Crippen molar-refractivity contribution in [2.24, 2.45) is 0 Å². The van der Waals surface area contributed by atoms with Crippen LogP contribution in [0.5, 0.6) is 0 Å². The van der Waals surface area contributed by atoms with Crippen LogP contribution >= 0.6 is 36.2 Å². The summed E-state index contributed by atoms with van der Waals surface area (Å²) in [7, 11) is 0. The van der Waals surface area contributed by atoms with E-state index in [1.165, 1.54) is 4.70 Å². The third-order valence-corrected chi connectivity index (χ3v) is 4.93. The molecule has 128 valence electrons. The van der Waals surface area contributed by atoms with Crippen molar-refractivity contribution >= 4 is 52.3 Å². The molecule has 23 heavy (non-hydrogen) atoms. The molecule has 1 fully saturated rings. The molecule has 0 unspecified atom stereocenters. The van der Waals surface area contributed by atoms with Gasteiger partial charge in [-0.15, -0.1) is 36.2 Å². The van der Waals surface area contributed by atoms with Crippen molar-refractivity contribution in [1.29, 1.82) is 0 Å². The van der Waals surface area contributed by atoms with E-state index in [4.69, 9.17) is 0 Å². The van der Waals surface area contributed by atoms with E-state index in [2.05, 4.69) is 21.7 Å². The molecule has 1 aromatic heterocycles. The lowest BCUT2D eigenvalue weighted by molar-refractivity contribution is -0.122. The summed E-state index contributed by atoms with van der Waals surface area (Å²) in [5.41, 5.74) is 1.07. The lowest BCUT2D eigenvalue weighted by Gasteiger charge is -2.23. The van der Waals surface area contributed by atoms with Crippen molar-refractivity contribution in [3.05, 3.63) is 29.3 Å². The maximum atomic E-state index is 11.9. The topological polar surface area (TPSA) is 54.0 Å². The van der Waals surface area contributed by atoms with Gasteiger partial charge >= 0.3 is 0 Å². The van der Waals surface area contributed by atoms with Crippen molar-refractivity contribution in [3.8, 4) is 0 Å². The molecule has 1 aliphatic heterocycles. The summed E-state index contributed by atoms with van der Waals surface area (Å²) in [6.07, 6.45) is 4.45. The van der Waals surface area contributed by atoms with Crippen LogP contribution in [0.2, 0.25) is 0 Å². The van der Waals surface area contributed by atoms with E-state index < -0.39 is 0 Å². The molecule has 2 aromatic rings. The van der Waals surface area contributed by atoms with Gasteiger partial charge in [-0.2, -0.15) is 0 Å². The van der Waals surface area contributed by atoms with Crippen molar-refractivity contribution in [2.75, 3.05) is 13.1 Å². The highest BCUT2D eigenvalue weighted by molar-refractivity contribution is 7.18. The number of rotatable bonds is 5. The number of hydrogen-bond donors (Lipinski definition) is 2. The Balaban J connectivity index is 0.00000132. The standard InChI is InChI=1S/C16H21N3OS.2ClH/c20-15(18-12-8-10-17-11-9-12)6-3-7-16-19-13-4-1-2-5-14(13)21-16;;/h1-2,4-5,12,17H,3,6-11H2,(H,18,20);2*1H. The van der Waals surface area contributed by atoms with Crippen molar-refractivity contribution in [2.45, 2.75) is 38.1 Å². The van der Waals surface area contributed by atoms with Gasteiger partial charge < -0.3 is 10.6 Å². The predicted octanol–water partition coefficient (Wildman–Crippen LogP) is 3.33. The van der Waals surface area contributed by atoms with Gasteiger partial charge in [-0.1, -0.05) is 12.1 Å². The van der Waals surface area contributed by atoms with Gasteiger partial charge in [0.25, 0.3) is 0 Å². The van der Waals surface area contributed by atoms with Gasteiger partial charge in [0.15, 0.2) is 0 Å². The zero-order chi connectivity index (χ0) is 14.5. The van der Waals surface area contributed by atoms with E-state index in [1.54, 1.807) is 11.3 Å². The number of thiazole rings is 1. The SMILES string of the molecule is Cl.Cl.O=C(CCCc1nc2ccccc2s1)NC1CCNCC1. The maximum absolute atomic E-state index is 11.9. The van der Waals surface area contributed by atoms with Gasteiger partial charge in [-0.25, -0.2) is 4.98 Å². The molecule has 0 aliphatic carbocycles. The largest absolute Gasteiger partial charge is 0.353 e. The van der Waals surface area contributed by atoms with Crippen LogP contribution < -0.4 is 10.6 Å². The second-order valence-corrected chi connectivity index (χ2v) is 6.64. The Morgan fingerprint density at radius 3 is 2.74 bits per heavy atom. The number of amides is 1. The first-order valence-corrected chi connectivity index (χ1v) is 8.47. The third-order valence-electron chi connectivity index (χ3n) is 3.84. The molecule has 3 rings (SSSR count). The zero-order valence-electron chi connectivity index (χ0n) is 12.9. The zero-order valence-corrected chi connectivity index (χ0v) is 15.4. The summed E-state index contributed by atoms with van der Waals surface area (Å²) in [4.78, 5) is 16.5. The molecule has 0 radical (unpaired) electrons. The average Bonchev–Trinajstić information content (AvgIpc) is 2.91. The second-order valence-electron chi connectivity index (χ2n) is 5.52. The number of piperidine rings is 1. The minimum atomic E-state index is 0. The molecule has 2 N–H and O–H groups in total. The summed E-state index contributed by atoms with van der Waals surface area (Å²) in [5.74, 6) is 0.183. The van der Waals surface area contributed by atoms with Crippen LogP contribution in [0.15, 0.2) is 24.3 Å². The van der Waals surface area contributed by atoms with Gasteiger partial charge in [0.2, 0.25) is 5.91 Å². The normalized spacial score (nSPS) is 14.8. The van der Waals surface area contributed by atoms with E-state index in [1.807, 2.05) is 18.2 Å². The summed E-state index contributed by atoms with van der Waals surface area (Å²) in [6.45, 7) is 2.02. The number of aryl methyl sites for hydroxylation is 1. The molecule has 0 spiro atoms. The molecule has 0 saturated carbocycles. The van der Waals surface area contributed by atoms with Crippen LogP contribution in [0.4, 0.5) is 0 Å². The highest BCUT2D eigenvalue weighted by atomic mass is 35.5. The number of carbonyl (C=O) groups is 1. The Morgan fingerprint density at radius 1 is 1.26 bits per heavy atom. The van der Waals surface area contributed by atoms with Gasteiger partial charge in [-0.3, -0.25) is 4.79 Å². The molecule has 0 bridgehead atoms. The average molecular weight is 376 g/mol. The Labute approximate surface area is 153 Å². The Hall–Kier alpha value is -0.880. The van der Waals surface area contributed by atoms with Crippen LogP contribution in [0.3, 0.4) is 0 Å². The highest BCUT2D eigenvalue weighted by Gasteiger charge is 2.15. The number of fused-ring (bicyclic) bond motifs is 1. The first-order valence-electron chi connectivity index (χ1n) is 7.66. The van der Waals surface area contributed by atoms with E-state index in [-0.39, 0.29) is 30.7 Å². The number of benzene rings is 1. The van der Waals surface area contributed by atoms with Crippen molar-refractivity contribution in [3.63, 3.8) is 0 Å². The van der Waals surface area contributed by atoms with E-state index in [0.717, 1.165) is 49.3 Å². The van der Waals surface area contributed by atoms with E-state index in [0.29, 0.717) is 12.5 Å². The summed E-state index contributed by atoms with van der Waals surface area (Å²) in [5, 5.41) is 7.57. The number of nitrogens with one attached hydrogen (secondary N) is 2. The van der Waals surface area contributed by atoms with E-state index in [9.17, 15) is 4.79 Å². The van der Waals surface area contributed by atoms with Crippen molar-refractivity contribution in [1.82, 2.24) is 15.6 Å². The minimum absolute atomic E-state index is 0. The number of hydrogen-bond acceptors (Lipinski definition) is 4. The highest BCUT2D eigenvalue weighted by Crippen LogP contribution is 2.22. The summed E-state index contributed by atoms with van der Waals surface area (Å²) < 4.78 is 1.23. The fourth-order valence-electron chi connectivity index (χ4n) is 2.69. The third kappa shape index (κ3) is 5.92. The smallest absolute Gasteiger partial charge is 0.220 e. The fraction of sp³-hybridized carbons (Fsp3) is 0.500. The Morgan fingerprint density at radius 2 is 2.00 bits per heavy atom. The molecule has 7 heteroatoms. The lowest BCUT2D eigenvalue weighted by Crippen LogP contribution is -2.42. The van der Waals surface area contributed by atoms with Crippen LogP contribution in [0.1, 0.15) is 30.7 Å². The molecular formula is C16H23Cl2N3OS. The molecule has 4 nitrogen and oxygen atoms in total. The monoisotopic (exact) mass is 375 g/mol. The first kappa shape index (κ1) is 20.2. The molecule has 1 aliphatic rings. The number of carbonyl (C=O) groups excluding carboxylic acids is 1. The first-order chi connectivity index (χ1) is 10.3. The molecule has 2 heterocycles. The van der Waals surface area contributed by atoms with Crippen LogP contribution in [0.25, 0.3) is 10.2 Å². The second kappa shape index (κ2) is 10.1. The van der Waals surface area contributed by atoms with Crippen LogP contribution in [-0.2, 0) is 11.2 Å². The fourth-order valence-corrected chi connectivity index (χ4v) is 3.70. The minimum Gasteiger partial charge on any atom is -0.353 e. The van der Waals surface area contributed by atoms with Gasteiger partial charge in [0.05, 0.1) is 15.2 Å². The Kier molecular flexibility index (Phi) is 8.84. The number of halogens is 2. The van der Waals surface area contributed by atoms with Crippen molar-refractivity contribution < 1.29 is 4.79 Å². The van der Waals surface area contributed by atoms with Crippen LogP contribution in [-0.4, -0.2) is 30.0 Å². The summed E-state index contributed by atoms with van der Waals surface area (Å²) in [6, 6.07) is 8.55. The number of aromatic nitrogens is 1.